The van der Waals surface area contributed by atoms with E-state index in [2.05, 4.69) is 5.32 Å². The molecule has 2 aromatic carbocycles. The minimum atomic E-state index is -0.643. The number of hydrogen-bond acceptors (Lipinski definition) is 3. The summed E-state index contributed by atoms with van der Waals surface area (Å²) in [6.07, 6.45) is -0.158. The van der Waals surface area contributed by atoms with E-state index in [1.54, 1.807) is 18.2 Å². The molecule has 0 spiro atoms. The molecule has 0 aliphatic carbocycles. The summed E-state index contributed by atoms with van der Waals surface area (Å²) < 4.78 is 0. The highest BCUT2D eigenvalue weighted by Gasteiger charge is 2.10. The minimum Gasteiger partial charge on any atom is -0.391 e. The van der Waals surface area contributed by atoms with Crippen molar-refractivity contribution in [3.05, 3.63) is 71.3 Å². The summed E-state index contributed by atoms with van der Waals surface area (Å²) in [5, 5.41) is 21.4. The van der Waals surface area contributed by atoms with Crippen molar-refractivity contribution in [3.63, 3.8) is 0 Å². The smallest absolute Gasteiger partial charge is 0.251 e. The van der Waals surface area contributed by atoms with E-state index < -0.39 is 6.10 Å². The van der Waals surface area contributed by atoms with Gasteiger partial charge < -0.3 is 10.4 Å². The van der Waals surface area contributed by atoms with Crippen molar-refractivity contribution in [3.8, 4) is 6.07 Å². The lowest BCUT2D eigenvalue weighted by Crippen LogP contribution is -2.33. The lowest BCUT2D eigenvalue weighted by atomic mass is 10.1. The molecule has 106 valence electrons. The van der Waals surface area contributed by atoms with Gasteiger partial charge in [0.25, 0.3) is 5.91 Å². The topological polar surface area (TPSA) is 73.1 Å². The maximum atomic E-state index is 11.9. The number of aliphatic hydroxyl groups excluding tert-OH is 1. The maximum Gasteiger partial charge on any atom is 0.251 e. The fourth-order valence-corrected chi connectivity index (χ4v) is 2.00. The van der Waals surface area contributed by atoms with Crippen LogP contribution in [0.3, 0.4) is 0 Å². The highest BCUT2D eigenvalue weighted by molar-refractivity contribution is 5.94. The number of nitrogens with zero attached hydrogens (tertiary/aromatic N) is 1. The van der Waals surface area contributed by atoms with Crippen LogP contribution < -0.4 is 5.32 Å². The highest BCUT2D eigenvalue weighted by Crippen LogP contribution is 2.05. The second-order valence-corrected chi connectivity index (χ2v) is 4.75. The van der Waals surface area contributed by atoms with Crippen LogP contribution in [0.4, 0.5) is 0 Å². The van der Waals surface area contributed by atoms with Crippen LogP contribution in [-0.2, 0) is 6.42 Å². The van der Waals surface area contributed by atoms with E-state index in [-0.39, 0.29) is 12.5 Å². The number of amides is 1. The van der Waals surface area contributed by atoms with Gasteiger partial charge in [-0.15, -0.1) is 0 Å². The predicted octanol–water partition coefficient (Wildman–Crippen LogP) is 1.89. The summed E-state index contributed by atoms with van der Waals surface area (Å²) in [5.74, 6) is -0.292. The largest absolute Gasteiger partial charge is 0.391 e. The van der Waals surface area contributed by atoms with Gasteiger partial charge in [0.15, 0.2) is 0 Å². The Balaban J connectivity index is 1.87. The monoisotopic (exact) mass is 280 g/mol. The van der Waals surface area contributed by atoms with Crippen LogP contribution in [0.1, 0.15) is 21.5 Å². The number of rotatable bonds is 5. The van der Waals surface area contributed by atoms with E-state index in [1.807, 2.05) is 36.4 Å². The first-order valence-electron chi connectivity index (χ1n) is 6.69. The van der Waals surface area contributed by atoms with Gasteiger partial charge in [-0.25, -0.2) is 0 Å². The lowest BCUT2D eigenvalue weighted by molar-refractivity contribution is 0.0916. The molecule has 0 saturated heterocycles. The first-order valence-corrected chi connectivity index (χ1v) is 6.69. The molecule has 2 N–H and O–H groups in total. The number of hydrogen-bond donors (Lipinski definition) is 2. The van der Waals surface area contributed by atoms with Crippen LogP contribution in [-0.4, -0.2) is 23.7 Å². The first kappa shape index (κ1) is 14.8. The normalized spacial score (nSPS) is 11.4. The molecule has 1 atom stereocenters. The molecule has 4 heteroatoms. The Morgan fingerprint density at radius 1 is 1.19 bits per heavy atom. The Morgan fingerprint density at radius 2 is 1.95 bits per heavy atom. The number of nitriles is 1. The maximum absolute atomic E-state index is 11.9. The van der Waals surface area contributed by atoms with E-state index in [9.17, 15) is 9.90 Å². The minimum absolute atomic E-state index is 0.171. The van der Waals surface area contributed by atoms with Gasteiger partial charge in [-0.3, -0.25) is 4.79 Å². The average Bonchev–Trinajstić information content (AvgIpc) is 2.53. The summed E-state index contributed by atoms with van der Waals surface area (Å²) in [6, 6.07) is 18.1. The molecule has 2 rings (SSSR count). The molecule has 2 aromatic rings. The van der Waals surface area contributed by atoms with Crippen LogP contribution >= 0.6 is 0 Å². The van der Waals surface area contributed by atoms with Crippen molar-refractivity contribution in [2.45, 2.75) is 12.5 Å². The fraction of sp³-hybridized carbons (Fsp3) is 0.176. The van der Waals surface area contributed by atoms with Gasteiger partial charge in [-0.05, 0) is 23.8 Å². The van der Waals surface area contributed by atoms with Crippen molar-refractivity contribution >= 4 is 5.91 Å². The van der Waals surface area contributed by atoms with Crippen molar-refractivity contribution in [2.75, 3.05) is 6.54 Å². The van der Waals surface area contributed by atoms with Crippen LogP contribution in [0.2, 0.25) is 0 Å². The SMILES string of the molecule is N#Cc1cccc(C(=O)NCC(O)Cc2ccccc2)c1. The Bertz CT molecular complexity index is 647. The van der Waals surface area contributed by atoms with Gasteiger partial charge >= 0.3 is 0 Å². The molecule has 4 nitrogen and oxygen atoms in total. The second kappa shape index (κ2) is 7.22. The quantitative estimate of drug-likeness (QED) is 0.878. The second-order valence-electron chi connectivity index (χ2n) is 4.75. The van der Waals surface area contributed by atoms with Crippen LogP contribution in [0.5, 0.6) is 0 Å². The van der Waals surface area contributed by atoms with E-state index in [4.69, 9.17) is 5.26 Å². The summed E-state index contributed by atoms with van der Waals surface area (Å²) in [6.45, 7) is 0.171. The molecule has 1 amide bonds. The summed E-state index contributed by atoms with van der Waals surface area (Å²) in [4.78, 5) is 11.9. The van der Waals surface area contributed by atoms with Crippen molar-refractivity contribution in [2.24, 2.45) is 0 Å². The molecule has 0 heterocycles. The van der Waals surface area contributed by atoms with Crippen molar-refractivity contribution < 1.29 is 9.90 Å². The van der Waals surface area contributed by atoms with E-state index in [1.165, 1.54) is 6.07 Å². The average molecular weight is 280 g/mol. The molecule has 21 heavy (non-hydrogen) atoms. The van der Waals surface area contributed by atoms with Crippen LogP contribution in [0, 0.1) is 11.3 Å². The summed E-state index contributed by atoms with van der Waals surface area (Å²) in [7, 11) is 0. The number of aliphatic hydroxyl groups is 1. The Kier molecular flexibility index (Phi) is 5.08. The third-order valence-corrected chi connectivity index (χ3v) is 3.07. The number of carbonyl (C=O) groups excluding carboxylic acids is 1. The molecular weight excluding hydrogens is 264 g/mol. The summed E-state index contributed by atoms with van der Waals surface area (Å²) in [5.41, 5.74) is 1.87. The number of benzene rings is 2. The van der Waals surface area contributed by atoms with Crippen LogP contribution in [0.15, 0.2) is 54.6 Å². The van der Waals surface area contributed by atoms with Gasteiger partial charge in [0, 0.05) is 18.5 Å². The number of nitrogens with one attached hydrogen (secondary N) is 1. The highest BCUT2D eigenvalue weighted by atomic mass is 16.3. The molecule has 0 aliphatic heterocycles. The van der Waals surface area contributed by atoms with Crippen LogP contribution in [0.25, 0.3) is 0 Å². The van der Waals surface area contributed by atoms with E-state index >= 15 is 0 Å². The third-order valence-electron chi connectivity index (χ3n) is 3.07. The summed E-state index contributed by atoms with van der Waals surface area (Å²) >= 11 is 0. The Hall–Kier alpha value is -2.64. The zero-order chi connectivity index (χ0) is 15.1. The number of carbonyl (C=O) groups is 1. The Labute approximate surface area is 123 Å². The van der Waals surface area contributed by atoms with Gasteiger partial charge in [0.2, 0.25) is 0 Å². The molecule has 0 fully saturated rings. The molecule has 0 aliphatic rings. The van der Waals surface area contributed by atoms with E-state index in [0.29, 0.717) is 17.5 Å². The predicted molar refractivity (Wildman–Crippen MR) is 79.6 cm³/mol. The van der Waals surface area contributed by atoms with Crippen molar-refractivity contribution in [1.29, 1.82) is 5.26 Å². The van der Waals surface area contributed by atoms with Gasteiger partial charge in [-0.1, -0.05) is 36.4 Å². The standard InChI is InChI=1S/C17H16N2O2/c18-11-14-7-4-8-15(9-14)17(21)19-12-16(20)10-13-5-2-1-3-6-13/h1-9,16,20H,10,12H2,(H,19,21). The van der Waals surface area contributed by atoms with E-state index in [0.717, 1.165) is 5.56 Å². The molecule has 0 bridgehead atoms. The molecule has 1 unspecified atom stereocenters. The zero-order valence-corrected chi connectivity index (χ0v) is 11.5. The Morgan fingerprint density at radius 3 is 2.67 bits per heavy atom. The molecule has 0 aromatic heterocycles. The molecule has 0 radical (unpaired) electrons. The van der Waals surface area contributed by atoms with Gasteiger partial charge in [0.05, 0.1) is 17.7 Å². The third kappa shape index (κ3) is 4.44. The van der Waals surface area contributed by atoms with Gasteiger partial charge in [0.1, 0.15) is 0 Å². The first-order chi connectivity index (χ1) is 10.2. The molecular formula is C17H16N2O2. The lowest BCUT2D eigenvalue weighted by Gasteiger charge is -2.12. The molecule has 0 saturated carbocycles. The fourth-order valence-electron chi connectivity index (χ4n) is 2.00. The van der Waals surface area contributed by atoms with Crippen molar-refractivity contribution in [1.82, 2.24) is 5.32 Å². The zero-order valence-electron chi connectivity index (χ0n) is 11.5. The van der Waals surface area contributed by atoms with Gasteiger partial charge in [-0.2, -0.15) is 5.26 Å².